The first-order valence-corrected chi connectivity index (χ1v) is 5.64. The molecule has 76 valence electrons. The first-order chi connectivity index (χ1) is 7.35. The van der Waals surface area contributed by atoms with E-state index in [1.165, 1.54) is 0 Å². The lowest BCUT2D eigenvalue weighted by atomic mass is 10.3. The summed E-state index contributed by atoms with van der Waals surface area (Å²) in [5.74, 6) is 4.24. The Bertz CT molecular complexity index is 510. The van der Waals surface area contributed by atoms with Crippen LogP contribution >= 0.6 is 11.3 Å². The quantitative estimate of drug-likeness (QED) is 0.802. The van der Waals surface area contributed by atoms with E-state index in [-0.39, 0.29) is 0 Å². The van der Waals surface area contributed by atoms with Gasteiger partial charge in [-0.15, -0.1) is 17.8 Å². The van der Waals surface area contributed by atoms with Gasteiger partial charge in [0.15, 0.2) is 0 Å². The minimum Gasteiger partial charge on any atom is -0.359 e. The zero-order valence-corrected chi connectivity index (χ0v) is 9.27. The average molecular weight is 217 g/mol. The van der Waals surface area contributed by atoms with Crippen molar-refractivity contribution in [1.82, 2.24) is 9.97 Å². The van der Waals surface area contributed by atoms with E-state index in [1.807, 2.05) is 18.4 Å². The van der Waals surface area contributed by atoms with Crippen LogP contribution < -0.4 is 5.32 Å². The van der Waals surface area contributed by atoms with Crippen LogP contribution in [0.4, 0.5) is 5.82 Å². The molecule has 2 aromatic rings. The average Bonchev–Trinajstić information content (AvgIpc) is 2.73. The summed E-state index contributed by atoms with van der Waals surface area (Å²) in [5, 5.41) is 6.18. The van der Waals surface area contributed by atoms with E-state index >= 15 is 0 Å². The van der Waals surface area contributed by atoms with Crippen molar-refractivity contribution >= 4 is 27.4 Å². The SMILES string of the molecule is C#CCNc1nc(CC)nc2sccc12. The fourth-order valence-electron chi connectivity index (χ4n) is 1.33. The fourth-order valence-corrected chi connectivity index (χ4v) is 2.11. The Balaban J connectivity index is 2.49. The zero-order valence-electron chi connectivity index (χ0n) is 8.45. The lowest BCUT2D eigenvalue weighted by molar-refractivity contribution is 0.964. The Kier molecular flexibility index (Phi) is 2.84. The molecule has 1 N–H and O–H groups in total. The van der Waals surface area contributed by atoms with Crippen molar-refractivity contribution in [3.8, 4) is 12.3 Å². The van der Waals surface area contributed by atoms with Gasteiger partial charge in [-0.05, 0) is 11.4 Å². The number of thiophene rings is 1. The Morgan fingerprint density at radius 2 is 2.40 bits per heavy atom. The zero-order chi connectivity index (χ0) is 10.7. The van der Waals surface area contributed by atoms with Crippen molar-refractivity contribution in [2.75, 3.05) is 11.9 Å². The van der Waals surface area contributed by atoms with E-state index in [2.05, 4.69) is 21.2 Å². The number of nitrogens with zero attached hydrogens (tertiary/aromatic N) is 2. The van der Waals surface area contributed by atoms with Crippen molar-refractivity contribution in [3.05, 3.63) is 17.3 Å². The molecule has 15 heavy (non-hydrogen) atoms. The maximum Gasteiger partial charge on any atom is 0.139 e. The molecule has 0 amide bonds. The van der Waals surface area contributed by atoms with Gasteiger partial charge in [-0.2, -0.15) is 0 Å². The predicted octanol–water partition coefficient (Wildman–Crippen LogP) is 2.30. The smallest absolute Gasteiger partial charge is 0.139 e. The highest BCUT2D eigenvalue weighted by Gasteiger charge is 2.06. The van der Waals surface area contributed by atoms with E-state index in [4.69, 9.17) is 6.42 Å². The fraction of sp³-hybridized carbons (Fsp3) is 0.273. The molecule has 0 aliphatic carbocycles. The van der Waals surface area contributed by atoms with Crippen LogP contribution in [0, 0.1) is 12.3 Å². The first-order valence-electron chi connectivity index (χ1n) is 4.76. The summed E-state index contributed by atoms with van der Waals surface area (Å²) < 4.78 is 0. The van der Waals surface area contributed by atoms with Crippen LogP contribution in [0.25, 0.3) is 10.2 Å². The number of hydrogen-bond donors (Lipinski definition) is 1. The molecular formula is C11H11N3S. The highest BCUT2D eigenvalue weighted by molar-refractivity contribution is 7.16. The van der Waals surface area contributed by atoms with Gasteiger partial charge in [-0.25, -0.2) is 9.97 Å². The van der Waals surface area contributed by atoms with Crippen LogP contribution in [0.5, 0.6) is 0 Å². The molecular weight excluding hydrogens is 206 g/mol. The van der Waals surface area contributed by atoms with Crippen LogP contribution in [0.15, 0.2) is 11.4 Å². The molecule has 2 heterocycles. The van der Waals surface area contributed by atoms with Gasteiger partial charge in [0, 0.05) is 6.42 Å². The summed E-state index contributed by atoms with van der Waals surface area (Å²) in [6.07, 6.45) is 6.04. The predicted molar refractivity (Wildman–Crippen MR) is 64.1 cm³/mol. The van der Waals surface area contributed by atoms with E-state index in [0.29, 0.717) is 6.54 Å². The standard InChI is InChI=1S/C11H11N3S/c1-3-6-12-10-8-5-7-15-11(8)14-9(4-2)13-10/h1,5,7H,4,6H2,2H3,(H,12,13,14). The van der Waals surface area contributed by atoms with E-state index in [1.54, 1.807) is 11.3 Å². The normalized spacial score (nSPS) is 10.1. The maximum atomic E-state index is 5.21. The summed E-state index contributed by atoms with van der Waals surface area (Å²) in [6.45, 7) is 2.53. The minimum atomic E-state index is 0.491. The maximum absolute atomic E-state index is 5.21. The minimum absolute atomic E-state index is 0.491. The molecule has 2 rings (SSSR count). The summed E-state index contributed by atoms with van der Waals surface area (Å²) in [6, 6.07) is 2.01. The van der Waals surface area contributed by atoms with Gasteiger partial charge in [0.05, 0.1) is 11.9 Å². The van der Waals surface area contributed by atoms with Crippen LogP contribution in [0.3, 0.4) is 0 Å². The lowest BCUT2D eigenvalue weighted by Gasteiger charge is -2.04. The molecule has 0 atom stereocenters. The molecule has 0 aromatic carbocycles. The number of terminal acetylenes is 1. The number of aryl methyl sites for hydroxylation is 1. The number of fused-ring (bicyclic) bond motifs is 1. The van der Waals surface area contributed by atoms with Crippen molar-refractivity contribution in [1.29, 1.82) is 0 Å². The molecule has 0 radical (unpaired) electrons. The Hall–Kier alpha value is -1.60. The van der Waals surface area contributed by atoms with Gasteiger partial charge in [-0.1, -0.05) is 12.8 Å². The summed E-state index contributed by atoms with van der Waals surface area (Å²) in [7, 11) is 0. The second-order valence-electron chi connectivity index (χ2n) is 3.04. The molecule has 0 unspecified atom stereocenters. The van der Waals surface area contributed by atoms with Crippen molar-refractivity contribution in [2.24, 2.45) is 0 Å². The number of anilines is 1. The van der Waals surface area contributed by atoms with E-state index < -0.39 is 0 Å². The van der Waals surface area contributed by atoms with Gasteiger partial charge in [0.25, 0.3) is 0 Å². The first kappa shape index (κ1) is 9.94. The molecule has 3 nitrogen and oxygen atoms in total. The number of hydrogen-bond acceptors (Lipinski definition) is 4. The third-order valence-electron chi connectivity index (χ3n) is 2.05. The topological polar surface area (TPSA) is 37.8 Å². The van der Waals surface area contributed by atoms with E-state index in [9.17, 15) is 0 Å². The molecule has 4 heteroatoms. The molecule has 0 bridgehead atoms. The highest BCUT2D eigenvalue weighted by Crippen LogP contribution is 2.24. The largest absolute Gasteiger partial charge is 0.359 e. The van der Waals surface area contributed by atoms with Crippen molar-refractivity contribution < 1.29 is 0 Å². The summed E-state index contributed by atoms with van der Waals surface area (Å²) in [5.41, 5.74) is 0. The van der Waals surface area contributed by atoms with Gasteiger partial charge in [-0.3, -0.25) is 0 Å². The second kappa shape index (κ2) is 4.28. The van der Waals surface area contributed by atoms with Crippen LogP contribution in [0.1, 0.15) is 12.7 Å². The lowest BCUT2D eigenvalue weighted by Crippen LogP contribution is -2.04. The third-order valence-corrected chi connectivity index (χ3v) is 2.85. The molecule has 0 fully saturated rings. The third kappa shape index (κ3) is 1.92. The molecule has 0 aliphatic rings. The monoisotopic (exact) mass is 217 g/mol. The Morgan fingerprint density at radius 3 is 3.13 bits per heavy atom. The highest BCUT2D eigenvalue weighted by atomic mass is 32.1. The van der Waals surface area contributed by atoms with Crippen molar-refractivity contribution in [2.45, 2.75) is 13.3 Å². The number of rotatable bonds is 3. The molecule has 0 saturated heterocycles. The number of nitrogens with one attached hydrogen (secondary N) is 1. The van der Waals surface area contributed by atoms with Gasteiger partial charge in [0.2, 0.25) is 0 Å². The van der Waals surface area contributed by atoms with Gasteiger partial charge >= 0.3 is 0 Å². The number of aromatic nitrogens is 2. The summed E-state index contributed by atoms with van der Waals surface area (Å²) >= 11 is 1.62. The van der Waals surface area contributed by atoms with Gasteiger partial charge < -0.3 is 5.32 Å². The molecule has 0 spiro atoms. The summed E-state index contributed by atoms with van der Waals surface area (Å²) in [4.78, 5) is 9.87. The Morgan fingerprint density at radius 1 is 1.53 bits per heavy atom. The Labute approximate surface area is 92.6 Å². The van der Waals surface area contributed by atoms with Crippen LogP contribution in [0.2, 0.25) is 0 Å². The van der Waals surface area contributed by atoms with Crippen molar-refractivity contribution in [3.63, 3.8) is 0 Å². The molecule has 0 saturated carbocycles. The molecule has 2 aromatic heterocycles. The van der Waals surface area contributed by atoms with E-state index in [0.717, 1.165) is 28.3 Å². The van der Waals surface area contributed by atoms with Crippen LogP contribution in [-0.2, 0) is 6.42 Å². The van der Waals surface area contributed by atoms with Crippen LogP contribution in [-0.4, -0.2) is 16.5 Å². The second-order valence-corrected chi connectivity index (χ2v) is 3.93. The van der Waals surface area contributed by atoms with Gasteiger partial charge in [0.1, 0.15) is 16.5 Å². The molecule has 0 aliphatic heterocycles.